The van der Waals surface area contributed by atoms with E-state index in [9.17, 15) is 4.79 Å². The van der Waals surface area contributed by atoms with Gasteiger partial charge in [0.25, 0.3) is 5.91 Å². The van der Waals surface area contributed by atoms with Crippen LogP contribution in [0.15, 0.2) is 17.2 Å². The highest BCUT2D eigenvalue weighted by atomic mass is 35.5. The lowest BCUT2D eigenvalue weighted by Crippen LogP contribution is -2.20. The van der Waals surface area contributed by atoms with Crippen molar-refractivity contribution < 1.29 is 4.79 Å². The second kappa shape index (κ2) is 3.79. The average Bonchev–Trinajstić information content (AvgIpc) is 2.51. The van der Waals surface area contributed by atoms with Gasteiger partial charge in [-0.2, -0.15) is 10.1 Å². The lowest BCUT2D eigenvalue weighted by Gasteiger charge is -2.16. The third-order valence-electron chi connectivity index (χ3n) is 2.63. The van der Waals surface area contributed by atoms with Crippen LogP contribution in [0.25, 0.3) is 0 Å². The van der Waals surface area contributed by atoms with E-state index in [0.29, 0.717) is 16.5 Å². The van der Waals surface area contributed by atoms with Gasteiger partial charge in [-0.15, -0.1) is 0 Å². The average molecular weight is 238 g/mol. The fourth-order valence-electron chi connectivity index (χ4n) is 1.66. The Morgan fingerprint density at radius 2 is 2.12 bits per heavy atom. The van der Waals surface area contributed by atoms with Crippen molar-refractivity contribution in [1.82, 2.24) is 0 Å². The zero-order valence-electron chi connectivity index (χ0n) is 9.12. The van der Waals surface area contributed by atoms with Gasteiger partial charge in [-0.05, 0) is 37.1 Å². The van der Waals surface area contributed by atoms with Crippen molar-refractivity contribution in [2.45, 2.75) is 20.3 Å². The van der Waals surface area contributed by atoms with Gasteiger partial charge >= 0.3 is 0 Å². The van der Waals surface area contributed by atoms with Crippen molar-refractivity contribution in [1.29, 1.82) is 0 Å². The van der Waals surface area contributed by atoms with Crippen LogP contribution in [0.2, 0.25) is 5.02 Å². The molecule has 5 heteroatoms. The number of hydrazone groups is 1. The van der Waals surface area contributed by atoms with Crippen LogP contribution < -0.4 is 10.7 Å². The Labute approximate surface area is 98.7 Å². The summed E-state index contributed by atoms with van der Waals surface area (Å²) in [6.07, 6.45) is 0.172. The number of hydrogen-bond donors (Lipinski definition) is 1. The van der Waals surface area contributed by atoms with Crippen molar-refractivity contribution in [3.8, 4) is 0 Å². The number of aryl methyl sites for hydroxylation is 1. The predicted molar refractivity (Wildman–Crippen MR) is 64.7 cm³/mol. The number of anilines is 1. The molecule has 0 saturated carbocycles. The summed E-state index contributed by atoms with van der Waals surface area (Å²) in [6.45, 7) is 3.87. The third-order valence-corrected chi connectivity index (χ3v) is 2.85. The molecule has 4 nitrogen and oxygen atoms in total. The lowest BCUT2D eigenvalue weighted by molar-refractivity contribution is -0.116. The van der Waals surface area contributed by atoms with Gasteiger partial charge in [0.1, 0.15) is 5.84 Å². The minimum atomic E-state index is -0.123. The van der Waals surface area contributed by atoms with E-state index in [2.05, 4.69) is 5.10 Å². The molecule has 1 heterocycles. The summed E-state index contributed by atoms with van der Waals surface area (Å²) in [5.41, 5.74) is 8.24. The van der Waals surface area contributed by atoms with Crippen LogP contribution in [0.1, 0.15) is 17.5 Å². The molecule has 84 valence electrons. The van der Waals surface area contributed by atoms with Gasteiger partial charge in [0.05, 0.1) is 12.1 Å². The molecule has 0 unspecified atom stereocenters. The minimum Gasteiger partial charge on any atom is -0.385 e. The highest BCUT2D eigenvalue weighted by Crippen LogP contribution is 2.29. The van der Waals surface area contributed by atoms with Gasteiger partial charge in [-0.3, -0.25) is 4.79 Å². The first kappa shape index (κ1) is 11.0. The molecule has 0 aliphatic carbocycles. The molecule has 0 aromatic heterocycles. The molecule has 0 fully saturated rings. The van der Waals surface area contributed by atoms with Crippen LogP contribution in [0.4, 0.5) is 5.69 Å². The van der Waals surface area contributed by atoms with Crippen molar-refractivity contribution >= 4 is 29.0 Å². The Bertz CT molecular complexity index is 496. The molecular weight excluding hydrogens is 226 g/mol. The van der Waals surface area contributed by atoms with Crippen LogP contribution in [0.5, 0.6) is 0 Å². The van der Waals surface area contributed by atoms with Crippen molar-refractivity contribution in [3.05, 3.63) is 28.3 Å². The van der Waals surface area contributed by atoms with E-state index in [4.69, 9.17) is 17.3 Å². The topological polar surface area (TPSA) is 58.7 Å². The standard InChI is InChI=1S/C11H12ClN3O/c1-6-3-8(12)4-9(7(6)2)15-11(16)5-10(13)14-15/h3-4H,5H2,1-2H3,(H2,13,14). The van der Waals surface area contributed by atoms with Crippen molar-refractivity contribution in [3.63, 3.8) is 0 Å². The number of amides is 1. The minimum absolute atomic E-state index is 0.123. The van der Waals surface area contributed by atoms with Crippen LogP contribution in [0, 0.1) is 13.8 Å². The Morgan fingerprint density at radius 1 is 1.44 bits per heavy atom. The van der Waals surface area contributed by atoms with E-state index in [-0.39, 0.29) is 12.3 Å². The molecule has 2 rings (SSSR count). The second-order valence-corrected chi connectivity index (χ2v) is 4.28. The molecule has 1 aromatic carbocycles. The first-order valence-electron chi connectivity index (χ1n) is 4.91. The van der Waals surface area contributed by atoms with Gasteiger partial charge < -0.3 is 5.73 Å². The molecular formula is C11H12ClN3O. The molecule has 0 radical (unpaired) electrons. The van der Waals surface area contributed by atoms with E-state index in [1.807, 2.05) is 19.9 Å². The molecule has 0 atom stereocenters. The summed E-state index contributed by atoms with van der Waals surface area (Å²) in [5, 5.41) is 5.91. The molecule has 0 saturated heterocycles. The van der Waals surface area contributed by atoms with E-state index in [1.165, 1.54) is 5.01 Å². The third kappa shape index (κ3) is 1.76. The number of halogens is 1. The molecule has 1 aliphatic rings. The number of nitrogens with zero attached hydrogens (tertiary/aromatic N) is 2. The van der Waals surface area contributed by atoms with Crippen LogP contribution in [0.3, 0.4) is 0 Å². The summed E-state index contributed by atoms with van der Waals surface area (Å²) in [6, 6.07) is 3.58. The zero-order valence-corrected chi connectivity index (χ0v) is 9.88. The van der Waals surface area contributed by atoms with E-state index in [0.717, 1.165) is 11.1 Å². The smallest absolute Gasteiger partial charge is 0.255 e. The van der Waals surface area contributed by atoms with Crippen LogP contribution in [-0.4, -0.2) is 11.7 Å². The van der Waals surface area contributed by atoms with Gasteiger partial charge in [0.15, 0.2) is 0 Å². The molecule has 2 N–H and O–H groups in total. The number of amidine groups is 1. The maximum atomic E-state index is 11.6. The fourth-order valence-corrected chi connectivity index (χ4v) is 1.92. The monoisotopic (exact) mass is 237 g/mol. The molecule has 0 bridgehead atoms. The number of nitrogens with two attached hydrogens (primary N) is 1. The van der Waals surface area contributed by atoms with Crippen molar-refractivity contribution in [2.24, 2.45) is 10.8 Å². The van der Waals surface area contributed by atoms with Gasteiger partial charge in [-0.25, -0.2) is 0 Å². The number of benzene rings is 1. The Kier molecular flexibility index (Phi) is 2.59. The fraction of sp³-hybridized carbons (Fsp3) is 0.273. The molecule has 1 aromatic rings. The summed E-state index contributed by atoms with van der Waals surface area (Å²) >= 11 is 5.97. The Morgan fingerprint density at radius 3 is 2.69 bits per heavy atom. The highest BCUT2D eigenvalue weighted by Gasteiger charge is 2.25. The van der Waals surface area contributed by atoms with Crippen LogP contribution in [-0.2, 0) is 4.79 Å². The molecule has 0 spiro atoms. The van der Waals surface area contributed by atoms with E-state index < -0.39 is 0 Å². The first-order valence-corrected chi connectivity index (χ1v) is 5.29. The summed E-state index contributed by atoms with van der Waals surface area (Å²) in [5.74, 6) is 0.212. The maximum absolute atomic E-state index is 11.6. The van der Waals surface area contributed by atoms with E-state index >= 15 is 0 Å². The normalized spacial score (nSPS) is 15.6. The van der Waals surface area contributed by atoms with Crippen LogP contribution >= 0.6 is 11.6 Å². The zero-order chi connectivity index (χ0) is 11.9. The number of carbonyl (C=O) groups is 1. The number of carbonyl (C=O) groups excluding carboxylic acids is 1. The SMILES string of the molecule is Cc1cc(Cl)cc(N2N=C(N)CC2=O)c1C. The highest BCUT2D eigenvalue weighted by molar-refractivity contribution is 6.31. The Hall–Kier alpha value is -1.55. The second-order valence-electron chi connectivity index (χ2n) is 3.84. The lowest BCUT2D eigenvalue weighted by atomic mass is 10.1. The first-order chi connectivity index (χ1) is 7.49. The summed E-state index contributed by atoms with van der Waals surface area (Å²) in [4.78, 5) is 11.6. The quantitative estimate of drug-likeness (QED) is 0.812. The summed E-state index contributed by atoms with van der Waals surface area (Å²) in [7, 11) is 0. The molecule has 16 heavy (non-hydrogen) atoms. The van der Waals surface area contributed by atoms with Crippen molar-refractivity contribution in [2.75, 3.05) is 5.01 Å². The number of rotatable bonds is 1. The Balaban J connectivity index is 2.52. The largest absolute Gasteiger partial charge is 0.385 e. The molecule has 1 aliphatic heterocycles. The van der Waals surface area contributed by atoms with Gasteiger partial charge in [0.2, 0.25) is 0 Å². The number of hydrogen-bond acceptors (Lipinski definition) is 3. The molecule has 1 amide bonds. The summed E-state index contributed by atoms with van der Waals surface area (Å²) < 4.78 is 0. The predicted octanol–water partition coefficient (Wildman–Crippen LogP) is 1.97. The van der Waals surface area contributed by atoms with Gasteiger partial charge in [0, 0.05) is 5.02 Å². The van der Waals surface area contributed by atoms with Gasteiger partial charge in [-0.1, -0.05) is 11.6 Å². The van der Waals surface area contributed by atoms with E-state index in [1.54, 1.807) is 6.07 Å². The maximum Gasteiger partial charge on any atom is 0.255 e.